The molecule has 0 amide bonds. The van der Waals surface area contributed by atoms with Crippen LogP contribution >= 0.6 is 0 Å². The molecule has 8 rings (SSSR count). The predicted octanol–water partition coefficient (Wildman–Crippen LogP) is 10.7. The van der Waals surface area contributed by atoms with E-state index in [0.29, 0.717) is 39.0 Å². The Morgan fingerprint density at radius 2 is 0.980 bits per heavy atom. The highest BCUT2D eigenvalue weighted by Crippen LogP contribution is 2.46. The Hall–Kier alpha value is -5.71. The number of hydrogen-bond donors (Lipinski definition) is 0. The van der Waals surface area contributed by atoms with Gasteiger partial charge in [-0.3, -0.25) is 0 Å². The molecule has 0 N–H and O–H groups in total. The number of fused-ring (bicyclic) bond motifs is 6. The van der Waals surface area contributed by atoms with E-state index in [1.54, 1.807) is 54.8 Å². The maximum atomic E-state index is 15.9. The quantitative estimate of drug-likeness (QED) is 0.177. The third-order valence-corrected chi connectivity index (χ3v) is 8.81. The summed E-state index contributed by atoms with van der Waals surface area (Å²) in [5, 5.41) is 2.38. The minimum Gasteiger partial charge on any atom is -0.309 e. The van der Waals surface area contributed by atoms with E-state index in [0.717, 1.165) is 28.5 Å². The van der Waals surface area contributed by atoms with Crippen LogP contribution in [0.4, 0.5) is 26.3 Å². The van der Waals surface area contributed by atoms with Gasteiger partial charge in [0.05, 0.1) is 39.0 Å². The Kier molecular flexibility index (Phi) is 6.65. The number of hydrogen-bond acceptors (Lipinski definition) is 3. The summed E-state index contributed by atoms with van der Waals surface area (Å²) in [6.07, 6.45) is -9.69. The zero-order chi connectivity index (χ0) is 34.4. The molecule has 0 aliphatic rings. The number of alkyl halides is 6. The molecule has 0 aliphatic heterocycles. The Labute approximate surface area is 275 Å². The zero-order valence-corrected chi connectivity index (χ0v) is 26.2. The van der Waals surface area contributed by atoms with Gasteiger partial charge in [0.25, 0.3) is 0 Å². The second-order valence-corrected chi connectivity index (χ2v) is 12.1. The second-order valence-electron chi connectivity index (χ2n) is 12.1. The normalized spacial score (nSPS) is 12.6. The number of aryl methyl sites for hydroxylation is 3. The monoisotopic (exact) mass is 665 g/mol. The Morgan fingerprint density at radius 1 is 0.490 bits per heavy atom. The number of halogens is 6. The van der Waals surface area contributed by atoms with Gasteiger partial charge in [-0.25, -0.2) is 15.0 Å². The molecule has 3 heterocycles. The molecule has 0 bridgehead atoms. The molecular formula is C38H25F6N5. The number of rotatable bonds is 3. The van der Waals surface area contributed by atoms with Crippen LogP contribution in [-0.4, -0.2) is 24.1 Å². The van der Waals surface area contributed by atoms with E-state index >= 15 is 13.2 Å². The lowest BCUT2D eigenvalue weighted by molar-refractivity contribution is -0.138. The minimum atomic E-state index is -4.96. The molecule has 49 heavy (non-hydrogen) atoms. The van der Waals surface area contributed by atoms with Crippen molar-refractivity contribution in [3.05, 3.63) is 125 Å². The van der Waals surface area contributed by atoms with E-state index in [1.807, 2.05) is 37.3 Å². The van der Waals surface area contributed by atoms with Crippen molar-refractivity contribution in [3.63, 3.8) is 0 Å². The van der Waals surface area contributed by atoms with E-state index in [2.05, 4.69) is 15.0 Å². The lowest BCUT2D eigenvalue weighted by Gasteiger charge is -2.23. The minimum absolute atomic E-state index is 0.0225. The fourth-order valence-corrected chi connectivity index (χ4v) is 6.88. The van der Waals surface area contributed by atoms with Gasteiger partial charge in [0.2, 0.25) is 0 Å². The van der Waals surface area contributed by atoms with Crippen molar-refractivity contribution in [2.45, 2.75) is 33.1 Å². The average molecular weight is 666 g/mol. The number of benzene rings is 5. The fraction of sp³-hybridized carbons (Fsp3) is 0.132. The lowest BCUT2D eigenvalue weighted by Crippen LogP contribution is -2.16. The highest BCUT2D eigenvalue weighted by Gasteiger charge is 2.40. The fourth-order valence-electron chi connectivity index (χ4n) is 6.88. The average Bonchev–Trinajstić information content (AvgIpc) is 3.54. The zero-order valence-electron chi connectivity index (χ0n) is 26.2. The van der Waals surface area contributed by atoms with Crippen LogP contribution in [-0.2, 0) is 12.4 Å². The first-order valence-corrected chi connectivity index (χ1v) is 15.4. The molecule has 0 unspecified atom stereocenters. The van der Waals surface area contributed by atoms with Crippen molar-refractivity contribution in [1.29, 1.82) is 0 Å². The van der Waals surface area contributed by atoms with Crippen LogP contribution in [0.5, 0.6) is 0 Å². The topological polar surface area (TPSA) is 48.5 Å². The Morgan fingerprint density at radius 3 is 1.51 bits per heavy atom. The summed E-state index contributed by atoms with van der Waals surface area (Å²) < 4.78 is 92.7. The summed E-state index contributed by atoms with van der Waals surface area (Å²) in [5.74, 6) is 0.865. The number of para-hydroxylation sites is 2. The van der Waals surface area contributed by atoms with Gasteiger partial charge >= 0.3 is 12.4 Å². The van der Waals surface area contributed by atoms with Crippen LogP contribution in [0.25, 0.3) is 66.4 Å². The molecule has 3 aromatic heterocycles. The molecule has 0 spiro atoms. The summed E-state index contributed by atoms with van der Waals surface area (Å²) in [4.78, 5) is 13.2. The first-order valence-electron chi connectivity index (χ1n) is 15.4. The van der Waals surface area contributed by atoms with E-state index in [-0.39, 0.29) is 28.3 Å². The summed E-state index contributed by atoms with van der Waals surface area (Å²) in [6, 6.07) is 25.3. The molecule has 0 atom stereocenters. The van der Waals surface area contributed by atoms with Gasteiger partial charge < -0.3 is 9.13 Å². The van der Waals surface area contributed by atoms with Gasteiger partial charge in [0, 0.05) is 27.1 Å². The van der Waals surface area contributed by atoms with Gasteiger partial charge in [-0.05, 0) is 68.8 Å². The summed E-state index contributed by atoms with van der Waals surface area (Å²) in [7, 11) is 0. The number of nitrogens with zero attached hydrogens (tertiary/aromatic N) is 5. The third kappa shape index (κ3) is 4.91. The molecule has 8 aromatic rings. The van der Waals surface area contributed by atoms with Crippen molar-refractivity contribution in [2.75, 3.05) is 0 Å². The Bertz CT molecular complexity index is 2610. The third-order valence-electron chi connectivity index (χ3n) is 8.81. The highest BCUT2D eigenvalue weighted by molar-refractivity contribution is 6.11. The van der Waals surface area contributed by atoms with Crippen molar-refractivity contribution >= 4 is 43.6 Å². The first-order chi connectivity index (χ1) is 23.3. The van der Waals surface area contributed by atoms with Gasteiger partial charge in [0.15, 0.2) is 5.82 Å². The van der Waals surface area contributed by atoms with Gasteiger partial charge in [-0.15, -0.1) is 0 Å². The lowest BCUT2D eigenvalue weighted by atomic mass is 10.0. The molecule has 0 saturated carbocycles. The van der Waals surface area contributed by atoms with Crippen molar-refractivity contribution in [3.8, 4) is 22.8 Å². The van der Waals surface area contributed by atoms with Gasteiger partial charge in [0.1, 0.15) is 17.2 Å². The predicted molar refractivity (Wildman–Crippen MR) is 178 cm³/mol. The van der Waals surface area contributed by atoms with E-state index in [4.69, 9.17) is 0 Å². The largest absolute Gasteiger partial charge is 0.420 e. The van der Waals surface area contributed by atoms with Gasteiger partial charge in [-0.1, -0.05) is 54.6 Å². The Balaban J connectivity index is 1.61. The standard InChI is InChI=1S/C38H25F6N5/c1-20-12-14-27-25-8-4-6-10-29(25)48(31(27)16-20)33-17-23(36-46-21(2)45-22(3)47-36)18-34(35(33)38(42,43)44)49-30-11-7-5-9-26(30)28-15-13-24(19-32(28)49)37(39,40)41/h4-19H,1-3H3. The van der Waals surface area contributed by atoms with E-state index in [9.17, 15) is 13.2 Å². The highest BCUT2D eigenvalue weighted by atomic mass is 19.4. The van der Waals surface area contributed by atoms with Crippen LogP contribution in [0, 0.1) is 20.8 Å². The molecule has 0 radical (unpaired) electrons. The van der Waals surface area contributed by atoms with Crippen molar-refractivity contribution in [2.24, 2.45) is 0 Å². The van der Waals surface area contributed by atoms with Gasteiger partial charge in [-0.2, -0.15) is 26.3 Å². The van der Waals surface area contributed by atoms with Crippen LogP contribution in [0.2, 0.25) is 0 Å². The van der Waals surface area contributed by atoms with E-state index < -0.39 is 23.5 Å². The summed E-state index contributed by atoms with van der Waals surface area (Å²) in [5.41, 5.74) is -0.142. The molecule has 0 aliphatic carbocycles. The molecule has 11 heteroatoms. The molecule has 0 fully saturated rings. The first kappa shape index (κ1) is 30.6. The van der Waals surface area contributed by atoms with Crippen LogP contribution in [0.1, 0.15) is 28.3 Å². The smallest absolute Gasteiger partial charge is 0.309 e. The van der Waals surface area contributed by atoms with Crippen molar-refractivity contribution < 1.29 is 26.3 Å². The maximum Gasteiger partial charge on any atom is 0.420 e. The van der Waals surface area contributed by atoms with Crippen LogP contribution < -0.4 is 0 Å². The molecule has 244 valence electrons. The molecule has 0 saturated heterocycles. The SMILES string of the molecule is Cc1ccc2c3ccccc3n(-c3cc(-c4nc(C)nc(C)n4)cc(-n4c5ccccc5c5ccc(C(F)(F)F)cc54)c3C(F)(F)F)c2c1. The summed E-state index contributed by atoms with van der Waals surface area (Å²) in [6.45, 7) is 5.18. The van der Waals surface area contributed by atoms with E-state index in [1.165, 1.54) is 22.8 Å². The van der Waals surface area contributed by atoms with Crippen LogP contribution in [0.15, 0.2) is 97.1 Å². The van der Waals surface area contributed by atoms with Crippen LogP contribution in [0.3, 0.4) is 0 Å². The second kappa shape index (κ2) is 10.6. The van der Waals surface area contributed by atoms with Crippen molar-refractivity contribution in [1.82, 2.24) is 24.1 Å². The maximum absolute atomic E-state index is 15.9. The number of aromatic nitrogens is 5. The summed E-state index contributed by atoms with van der Waals surface area (Å²) >= 11 is 0. The molecule has 5 nitrogen and oxygen atoms in total. The molecular weight excluding hydrogens is 640 g/mol. The molecule has 5 aromatic carbocycles.